The van der Waals surface area contributed by atoms with Crippen molar-refractivity contribution in [3.05, 3.63) is 32.8 Å². The van der Waals surface area contributed by atoms with Crippen LogP contribution in [0.5, 0.6) is 0 Å². The second kappa shape index (κ2) is 5.73. The summed E-state index contributed by atoms with van der Waals surface area (Å²) in [5, 5.41) is 16.9. The smallest absolute Gasteiger partial charge is 0.270 e. The van der Waals surface area contributed by atoms with Gasteiger partial charge in [0.25, 0.3) is 5.69 Å². The Morgan fingerprint density at radius 2 is 2.24 bits per heavy atom. The molecule has 1 amide bonds. The third-order valence-electron chi connectivity index (χ3n) is 4.45. The summed E-state index contributed by atoms with van der Waals surface area (Å²) >= 11 is 3.27. The lowest BCUT2D eigenvalue weighted by Gasteiger charge is -2.18. The van der Waals surface area contributed by atoms with Crippen LogP contribution in [0.4, 0.5) is 11.4 Å². The summed E-state index contributed by atoms with van der Waals surface area (Å²) in [6.45, 7) is 0.907. The number of nitro benzene ring substituents is 1. The minimum absolute atomic E-state index is 0.00489. The van der Waals surface area contributed by atoms with Gasteiger partial charge in [-0.25, -0.2) is 0 Å². The number of nitrogens with one attached hydrogen (secondary N) is 2. The summed E-state index contributed by atoms with van der Waals surface area (Å²) in [4.78, 5) is 22.6. The molecule has 1 heterocycles. The monoisotopic (exact) mass is 353 g/mol. The number of nitro groups is 1. The van der Waals surface area contributed by atoms with Crippen LogP contribution in [0, 0.1) is 22.0 Å². The highest BCUT2D eigenvalue weighted by atomic mass is 79.9. The van der Waals surface area contributed by atoms with E-state index in [0.717, 1.165) is 13.0 Å². The van der Waals surface area contributed by atoms with E-state index in [1.165, 1.54) is 25.0 Å². The number of anilines is 1. The maximum Gasteiger partial charge on any atom is 0.270 e. The van der Waals surface area contributed by atoms with Crippen molar-refractivity contribution in [3.63, 3.8) is 0 Å². The first-order valence-electron chi connectivity index (χ1n) is 7.04. The molecular formula is C14H16BrN3O3. The highest BCUT2D eigenvalue weighted by molar-refractivity contribution is 9.10. The van der Waals surface area contributed by atoms with Gasteiger partial charge in [0, 0.05) is 16.6 Å². The molecule has 3 rings (SSSR count). The Bertz CT molecular complexity index is 593. The summed E-state index contributed by atoms with van der Waals surface area (Å²) in [5.74, 6) is 0.974. The molecule has 0 spiro atoms. The van der Waals surface area contributed by atoms with E-state index in [9.17, 15) is 14.9 Å². The largest absolute Gasteiger partial charge is 0.324 e. The van der Waals surface area contributed by atoms with Gasteiger partial charge >= 0.3 is 0 Å². The van der Waals surface area contributed by atoms with E-state index in [2.05, 4.69) is 26.6 Å². The lowest BCUT2D eigenvalue weighted by Crippen LogP contribution is -2.39. The number of carbonyl (C=O) groups excluding carboxylic acids is 1. The van der Waals surface area contributed by atoms with Crippen LogP contribution in [0.1, 0.15) is 19.3 Å². The van der Waals surface area contributed by atoms with E-state index in [1.807, 2.05) is 0 Å². The topological polar surface area (TPSA) is 84.3 Å². The molecular weight excluding hydrogens is 338 g/mol. The van der Waals surface area contributed by atoms with Crippen molar-refractivity contribution in [1.82, 2.24) is 5.32 Å². The number of fused-ring (bicyclic) bond motifs is 1. The molecule has 0 radical (unpaired) electrons. The van der Waals surface area contributed by atoms with Crippen molar-refractivity contribution in [2.24, 2.45) is 11.8 Å². The van der Waals surface area contributed by atoms with Gasteiger partial charge in [-0.2, -0.15) is 0 Å². The summed E-state index contributed by atoms with van der Waals surface area (Å²) in [6.07, 6.45) is 3.49. The highest BCUT2D eigenvalue weighted by Crippen LogP contribution is 2.38. The Kier molecular flexibility index (Phi) is 3.95. The van der Waals surface area contributed by atoms with Crippen molar-refractivity contribution in [2.75, 3.05) is 11.9 Å². The fourth-order valence-corrected chi connectivity index (χ4v) is 3.87. The van der Waals surface area contributed by atoms with Crippen LogP contribution in [0.15, 0.2) is 22.7 Å². The maximum atomic E-state index is 12.4. The van der Waals surface area contributed by atoms with Crippen LogP contribution in [-0.4, -0.2) is 23.4 Å². The summed E-state index contributed by atoms with van der Waals surface area (Å²) in [5.41, 5.74) is 0.559. The van der Waals surface area contributed by atoms with Crippen molar-refractivity contribution < 1.29 is 9.72 Å². The van der Waals surface area contributed by atoms with Gasteiger partial charge in [-0.1, -0.05) is 6.42 Å². The van der Waals surface area contributed by atoms with Gasteiger partial charge in [0.05, 0.1) is 16.7 Å². The number of hydrogen-bond acceptors (Lipinski definition) is 4. The van der Waals surface area contributed by atoms with Crippen LogP contribution in [-0.2, 0) is 4.79 Å². The number of nitrogens with zero attached hydrogens (tertiary/aromatic N) is 1. The molecule has 0 bridgehead atoms. The first kappa shape index (κ1) is 14.5. The van der Waals surface area contributed by atoms with Gasteiger partial charge < -0.3 is 10.6 Å². The number of carbonyl (C=O) groups is 1. The number of hydrogen-bond donors (Lipinski definition) is 2. The standard InChI is InChI=1S/C14H16BrN3O3/c15-11-6-9(18(20)21)4-5-12(11)17-14(19)13-10-3-1-2-8(10)7-16-13/h4-6,8,10,13,16H,1-3,7H2,(H,17,19). The van der Waals surface area contributed by atoms with E-state index < -0.39 is 4.92 Å². The maximum absolute atomic E-state index is 12.4. The van der Waals surface area contributed by atoms with Crippen LogP contribution in [0.3, 0.4) is 0 Å². The molecule has 1 saturated heterocycles. The Balaban J connectivity index is 1.71. The van der Waals surface area contributed by atoms with E-state index >= 15 is 0 Å². The first-order chi connectivity index (χ1) is 10.1. The predicted molar refractivity (Wildman–Crippen MR) is 82.0 cm³/mol. The molecule has 6 nitrogen and oxygen atoms in total. The Morgan fingerprint density at radius 3 is 2.95 bits per heavy atom. The van der Waals surface area contributed by atoms with E-state index in [-0.39, 0.29) is 17.6 Å². The minimum atomic E-state index is -0.460. The molecule has 7 heteroatoms. The highest BCUT2D eigenvalue weighted by Gasteiger charge is 2.42. The molecule has 0 aromatic heterocycles. The second-order valence-corrected chi connectivity index (χ2v) is 6.51. The Morgan fingerprint density at radius 1 is 1.43 bits per heavy atom. The van der Waals surface area contributed by atoms with Gasteiger partial charge in [-0.05, 0) is 53.2 Å². The second-order valence-electron chi connectivity index (χ2n) is 5.65. The number of amides is 1. The SMILES string of the molecule is O=C(Nc1ccc([N+](=O)[O-])cc1Br)C1NCC2CCCC21. The van der Waals surface area contributed by atoms with Gasteiger partial charge in [-0.3, -0.25) is 14.9 Å². The number of halogens is 1. The lowest BCUT2D eigenvalue weighted by molar-refractivity contribution is -0.384. The molecule has 1 saturated carbocycles. The summed E-state index contributed by atoms with van der Waals surface area (Å²) < 4.78 is 0.519. The third-order valence-corrected chi connectivity index (χ3v) is 5.11. The molecule has 112 valence electrons. The number of rotatable bonds is 3. The van der Waals surface area contributed by atoms with Crippen LogP contribution in [0.2, 0.25) is 0 Å². The Hall–Kier alpha value is -1.47. The zero-order valence-electron chi connectivity index (χ0n) is 11.3. The van der Waals surface area contributed by atoms with Crippen LogP contribution >= 0.6 is 15.9 Å². The summed E-state index contributed by atoms with van der Waals surface area (Å²) in [6, 6.07) is 4.19. The average molecular weight is 354 g/mol. The molecule has 1 aliphatic carbocycles. The van der Waals surface area contributed by atoms with Gasteiger partial charge in [0.1, 0.15) is 0 Å². The van der Waals surface area contributed by atoms with Crippen molar-refractivity contribution in [1.29, 1.82) is 0 Å². The molecule has 3 atom stereocenters. The number of non-ortho nitro benzene ring substituents is 1. The zero-order chi connectivity index (χ0) is 15.0. The number of benzene rings is 1. The molecule has 3 unspecified atom stereocenters. The van der Waals surface area contributed by atoms with Gasteiger partial charge in [0.2, 0.25) is 5.91 Å². The molecule has 1 aromatic carbocycles. The fraction of sp³-hybridized carbons (Fsp3) is 0.500. The van der Waals surface area contributed by atoms with Crippen LogP contribution in [0.25, 0.3) is 0 Å². The van der Waals surface area contributed by atoms with Crippen molar-refractivity contribution in [3.8, 4) is 0 Å². The van der Waals surface area contributed by atoms with Crippen molar-refractivity contribution >= 4 is 33.2 Å². The van der Waals surface area contributed by atoms with Gasteiger partial charge in [0.15, 0.2) is 0 Å². The van der Waals surface area contributed by atoms with Gasteiger partial charge in [-0.15, -0.1) is 0 Å². The molecule has 1 aliphatic heterocycles. The molecule has 1 aromatic rings. The first-order valence-corrected chi connectivity index (χ1v) is 7.84. The lowest BCUT2D eigenvalue weighted by atomic mass is 9.93. The average Bonchev–Trinajstić information content (AvgIpc) is 3.03. The van der Waals surface area contributed by atoms with E-state index in [1.54, 1.807) is 6.07 Å². The molecule has 2 fully saturated rings. The van der Waals surface area contributed by atoms with Crippen LogP contribution < -0.4 is 10.6 Å². The molecule has 21 heavy (non-hydrogen) atoms. The predicted octanol–water partition coefficient (Wildman–Crippen LogP) is 2.68. The fourth-order valence-electron chi connectivity index (χ4n) is 3.40. The molecule has 2 N–H and O–H groups in total. The minimum Gasteiger partial charge on any atom is -0.324 e. The van der Waals surface area contributed by atoms with E-state index in [0.29, 0.717) is 22.0 Å². The third kappa shape index (κ3) is 2.80. The normalized spacial score (nSPS) is 27.4. The molecule has 2 aliphatic rings. The quantitative estimate of drug-likeness (QED) is 0.646. The Labute approximate surface area is 130 Å². The van der Waals surface area contributed by atoms with E-state index in [4.69, 9.17) is 0 Å². The summed E-state index contributed by atoms with van der Waals surface area (Å²) in [7, 11) is 0. The van der Waals surface area contributed by atoms with Crippen molar-refractivity contribution in [2.45, 2.75) is 25.3 Å². The zero-order valence-corrected chi connectivity index (χ0v) is 12.9.